The van der Waals surface area contributed by atoms with Crippen molar-refractivity contribution in [1.29, 1.82) is 0 Å². The third-order valence-electron chi connectivity index (χ3n) is 11.7. The number of hydrogen-bond donors (Lipinski definition) is 2. The summed E-state index contributed by atoms with van der Waals surface area (Å²) < 4.78 is 11.2. The summed E-state index contributed by atoms with van der Waals surface area (Å²) in [7, 11) is 3.57. The van der Waals surface area contributed by atoms with Gasteiger partial charge in [0.25, 0.3) is 5.91 Å². The van der Waals surface area contributed by atoms with Gasteiger partial charge in [0.05, 0.1) is 19.1 Å². The molecule has 1 aromatic heterocycles. The second-order valence-electron chi connectivity index (χ2n) is 16.5. The fraction of sp³-hybridized carbons (Fsp3) is 0.565. The van der Waals surface area contributed by atoms with E-state index >= 15 is 4.79 Å². The Balaban J connectivity index is 1.64. The number of nitrogens with one attached hydrogen (secondary N) is 1. The first-order chi connectivity index (χ1) is 28.1. The number of esters is 1. The zero-order chi connectivity index (χ0) is 43.2. The third-order valence-corrected chi connectivity index (χ3v) is 12.6. The van der Waals surface area contributed by atoms with Gasteiger partial charge in [-0.3, -0.25) is 28.9 Å². The zero-order valence-corrected chi connectivity index (χ0v) is 36.8. The van der Waals surface area contributed by atoms with Crippen LogP contribution in [0.5, 0.6) is 5.75 Å². The van der Waals surface area contributed by atoms with Crippen LogP contribution >= 0.6 is 11.3 Å². The van der Waals surface area contributed by atoms with E-state index in [0.717, 1.165) is 43.4 Å². The summed E-state index contributed by atoms with van der Waals surface area (Å²) in [5.41, 5.74) is 1.95. The van der Waals surface area contributed by atoms with Crippen molar-refractivity contribution in [2.24, 2.45) is 23.7 Å². The molecule has 2 aromatic carbocycles. The number of aliphatic carboxylic acids is 1. The largest absolute Gasteiger partial charge is 0.497 e. The smallest absolute Gasteiger partial charge is 0.306 e. The van der Waals surface area contributed by atoms with Crippen LogP contribution in [-0.2, 0) is 36.9 Å². The van der Waals surface area contributed by atoms with E-state index < -0.39 is 47.9 Å². The number of likely N-dealkylation sites (tertiary alicyclic amines) is 1. The number of hydrogen-bond acceptors (Lipinski definition) is 10. The lowest BCUT2D eigenvalue weighted by Gasteiger charge is -2.40. The van der Waals surface area contributed by atoms with Gasteiger partial charge in [0.1, 0.15) is 16.5 Å². The van der Waals surface area contributed by atoms with Crippen molar-refractivity contribution in [1.82, 2.24) is 20.1 Å². The molecule has 7 atom stereocenters. The van der Waals surface area contributed by atoms with E-state index in [2.05, 4.69) is 15.2 Å². The molecule has 13 heteroatoms. The van der Waals surface area contributed by atoms with Gasteiger partial charge in [-0.05, 0) is 74.4 Å². The first kappa shape index (κ1) is 47.1. The fourth-order valence-corrected chi connectivity index (χ4v) is 8.79. The number of likely N-dealkylation sites (N-methyl/N-ethyl adjacent to an activating group) is 1. The second-order valence-corrected chi connectivity index (χ2v) is 17.4. The number of methoxy groups -OCH3 is 1. The van der Waals surface area contributed by atoms with E-state index in [1.54, 1.807) is 19.4 Å². The van der Waals surface area contributed by atoms with Gasteiger partial charge in [0.2, 0.25) is 5.91 Å². The highest BCUT2D eigenvalue weighted by Crippen LogP contribution is 2.34. The first-order valence-electron chi connectivity index (χ1n) is 21.0. The second kappa shape index (κ2) is 22.7. The molecule has 0 aliphatic carbocycles. The molecule has 0 bridgehead atoms. The fourth-order valence-electron chi connectivity index (χ4n) is 7.95. The molecule has 12 nitrogen and oxygen atoms in total. The van der Waals surface area contributed by atoms with Gasteiger partial charge in [-0.1, -0.05) is 89.9 Å². The van der Waals surface area contributed by atoms with E-state index in [1.165, 1.54) is 18.3 Å². The van der Waals surface area contributed by atoms with Crippen LogP contribution in [0.1, 0.15) is 119 Å². The van der Waals surface area contributed by atoms with E-state index in [4.69, 9.17) is 9.47 Å². The summed E-state index contributed by atoms with van der Waals surface area (Å²) in [6, 6.07) is 16.0. The number of rotatable bonds is 22. The normalized spacial score (nSPS) is 17.5. The summed E-state index contributed by atoms with van der Waals surface area (Å²) in [6.45, 7) is 12.2. The molecule has 59 heavy (non-hydrogen) atoms. The van der Waals surface area contributed by atoms with E-state index in [1.807, 2.05) is 94.2 Å². The average molecular weight is 833 g/mol. The van der Waals surface area contributed by atoms with Gasteiger partial charge in [-0.25, -0.2) is 4.98 Å². The lowest BCUT2D eigenvalue weighted by atomic mass is 9.82. The molecule has 1 fully saturated rings. The van der Waals surface area contributed by atoms with Crippen molar-refractivity contribution in [2.75, 3.05) is 20.7 Å². The number of Topliss-reactive ketones (excluding diaryl/α,β-unsaturated/α-hetero) is 1. The quantitative estimate of drug-likeness (QED) is 0.0961. The van der Waals surface area contributed by atoms with Crippen molar-refractivity contribution in [3.05, 3.63) is 81.8 Å². The van der Waals surface area contributed by atoms with Crippen molar-refractivity contribution in [3.63, 3.8) is 0 Å². The number of carbonyl (C=O) groups is 5. The lowest BCUT2D eigenvalue weighted by molar-refractivity contribution is -0.150. The predicted octanol–water partition coefficient (Wildman–Crippen LogP) is 7.76. The highest BCUT2D eigenvalue weighted by Gasteiger charge is 2.39. The number of carboxylic acids is 1. The number of amides is 2. The van der Waals surface area contributed by atoms with Crippen LogP contribution < -0.4 is 10.1 Å². The molecule has 2 amide bonds. The Bertz CT molecular complexity index is 1830. The number of benzene rings is 2. The lowest BCUT2D eigenvalue weighted by Crippen LogP contribution is -2.49. The number of ether oxygens (including phenoxy) is 2. The SMILES string of the molecule is CC[C@H](C)[C@H](CC(=O)[C@H]1CCCCN1C)C(=O)N(Cc1ccccc1)[C@H](C[C@@H](OC(C)=O)c1nc(C(=O)N[C@@H](Cc2ccc(OC)cc2)C[C@H](C)C(=O)O)cs1)C(C)C. The molecule has 0 saturated carbocycles. The number of carboxylic acid groups (broad SMARTS) is 1. The minimum Gasteiger partial charge on any atom is -0.497 e. The van der Waals surface area contributed by atoms with Gasteiger partial charge in [0.15, 0.2) is 11.9 Å². The highest BCUT2D eigenvalue weighted by molar-refractivity contribution is 7.09. The Morgan fingerprint density at radius 2 is 1.68 bits per heavy atom. The van der Waals surface area contributed by atoms with Crippen LogP contribution in [-0.4, -0.2) is 88.3 Å². The minimum absolute atomic E-state index is 0.0530. The molecule has 0 unspecified atom stereocenters. The first-order valence-corrected chi connectivity index (χ1v) is 21.9. The summed E-state index contributed by atoms with van der Waals surface area (Å²) in [4.78, 5) is 75.8. The topological polar surface area (TPSA) is 155 Å². The zero-order valence-electron chi connectivity index (χ0n) is 36.0. The number of carbonyl (C=O) groups excluding carboxylic acids is 4. The standard InChI is InChI=1S/C46H64N4O8S/c1-9-30(4)37(25-41(52)39-17-13-14-22-49(39)7)45(54)50(27-34-15-11-10-12-16-34)40(29(2)3)26-42(58-32(6)51)44-48-38(28-59-44)43(53)47-35(23-31(5)46(55)56)24-33-18-20-36(57-8)21-19-33/h10-12,15-16,18-21,28-31,35,37,39-40,42H,9,13-14,17,22-27H2,1-8H3,(H,47,53)(H,55,56)/t30-,31-,35+,37-,39+,40+,42+/m0/s1. The van der Waals surface area contributed by atoms with Crippen molar-refractivity contribution >= 4 is 40.9 Å². The van der Waals surface area contributed by atoms with Crippen LogP contribution in [0.4, 0.5) is 0 Å². The van der Waals surface area contributed by atoms with Crippen LogP contribution in [0.25, 0.3) is 0 Å². The average Bonchev–Trinajstić information content (AvgIpc) is 3.71. The third kappa shape index (κ3) is 13.7. The van der Waals surface area contributed by atoms with Gasteiger partial charge >= 0.3 is 11.9 Å². The van der Waals surface area contributed by atoms with Crippen molar-refractivity contribution in [2.45, 2.75) is 124 Å². The molecule has 1 aliphatic heterocycles. The molecule has 1 saturated heterocycles. The summed E-state index contributed by atoms with van der Waals surface area (Å²) in [6.07, 6.45) is 3.65. The molecule has 322 valence electrons. The summed E-state index contributed by atoms with van der Waals surface area (Å²) in [5.74, 6) is -2.67. The highest BCUT2D eigenvalue weighted by atomic mass is 32.1. The number of nitrogens with zero attached hydrogens (tertiary/aromatic N) is 3. The van der Waals surface area contributed by atoms with E-state index in [9.17, 15) is 24.3 Å². The van der Waals surface area contributed by atoms with Gasteiger partial charge in [0, 0.05) is 49.7 Å². The molecule has 2 heterocycles. The molecule has 4 rings (SSSR count). The number of aromatic nitrogens is 1. The Morgan fingerprint density at radius 3 is 2.27 bits per heavy atom. The Morgan fingerprint density at radius 1 is 0.983 bits per heavy atom. The number of ketones is 1. The molecular formula is C46H64N4O8S. The number of piperidine rings is 1. The van der Waals surface area contributed by atoms with Crippen LogP contribution in [0, 0.1) is 23.7 Å². The Hall–Kier alpha value is -4.62. The van der Waals surface area contributed by atoms with Gasteiger partial charge in [-0.2, -0.15) is 0 Å². The maximum absolute atomic E-state index is 15.1. The molecule has 3 aromatic rings. The maximum Gasteiger partial charge on any atom is 0.306 e. The molecule has 1 aliphatic rings. The Kier molecular flexibility index (Phi) is 18.1. The van der Waals surface area contributed by atoms with Crippen LogP contribution in [0.3, 0.4) is 0 Å². The minimum atomic E-state index is -0.961. The Labute approximate surface area is 354 Å². The van der Waals surface area contributed by atoms with Gasteiger partial charge in [-0.15, -0.1) is 11.3 Å². The predicted molar refractivity (Wildman–Crippen MR) is 229 cm³/mol. The van der Waals surface area contributed by atoms with Crippen molar-refractivity contribution < 1.29 is 38.6 Å². The summed E-state index contributed by atoms with van der Waals surface area (Å²) in [5, 5.41) is 14.7. The monoisotopic (exact) mass is 832 g/mol. The molecule has 0 radical (unpaired) electrons. The van der Waals surface area contributed by atoms with Crippen LogP contribution in [0.2, 0.25) is 0 Å². The molecule has 2 N–H and O–H groups in total. The van der Waals surface area contributed by atoms with Gasteiger partial charge < -0.3 is 24.8 Å². The van der Waals surface area contributed by atoms with Crippen molar-refractivity contribution in [3.8, 4) is 5.75 Å². The van der Waals surface area contributed by atoms with Crippen LogP contribution in [0.15, 0.2) is 60.0 Å². The molecular weight excluding hydrogens is 769 g/mol. The number of thiazole rings is 1. The van der Waals surface area contributed by atoms with E-state index in [-0.39, 0.29) is 54.5 Å². The summed E-state index contributed by atoms with van der Waals surface area (Å²) >= 11 is 1.19. The maximum atomic E-state index is 15.1. The molecule has 0 spiro atoms. The van der Waals surface area contributed by atoms with E-state index in [0.29, 0.717) is 23.7 Å².